The van der Waals surface area contributed by atoms with Gasteiger partial charge in [-0.2, -0.15) is 0 Å². The average Bonchev–Trinajstić information content (AvgIpc) is 3.35. The fourth-order valence-corrected chi connectivity index (χ4v) is 6.77. The topological polar surface area (TPSA) is 134 Å². The van der Waals surface area contributed by atoms with Crippen molar-refractivity contribution in [2.45, 2.75) is 199 Å². The quantitative estimate of drug-likeness (QED) is 0.0309. The van der Waals surface area contributed by atoms with Crippen molar-refractivity contribution in [2.24, 2.45) is 17.8 Å². The number of unbranched alkanes of at least 4 members (excludes halogenated alkanes) is 16. The first kappa shape index (κ1) is 46.3. The number of esters is 2. The monoisotopic (exact) mass is 709 g/mol. The van der Waals surface area contributed by atoms with Gasteiger partial charge in [-0.3, -0.25) is 9.59 Å². The second kappa shape index (κ2) is 30.8. The molecular weight excluding hydrogens is 632 g/mol. The third-order valence-electron chi connectivity index (χ3n) is 9.97. The van der Waals surface area contributed by atoms with E-state index in [0.29, 0.717) is 19.3 Å². The average molecular weight is 709 g/mol. The molecule has 0 heterocycles. The van der Waals surface area contributed by atoms with Gasteiger partial charge in [-0.25, -0.2) is 0 Å². The molecule has 1 aliphatic carbocycles. The molecule has 1 aliphatic rings. The van der Waals surface area contributed by atoms with E-state index in [-0.39, 0.29) is 43.9 Å². The molecule has 8 nitrogen and oxygen atoms in total. The van der Waals surface area contributed by atoms with Crippen LogP contribution in [-0.4, -0.2) is 70.0 Å². The molecule has 0 aromatic rings. The molecule has 0 aromatic carbocycles. The molecule has 1 fully saturated rings. The number of carbonyl (C=O) groups excluding carboxylic acids is 2. The van der Waals surface area contributed by atoms with Crippen molar-refractivity contribution in [2.75, 3.05) is 13.2 Å². The van der Waals surface area contributed by atoms with Gasteiger partial charge in [-0.1, -0.05) is 161 Å². The lowest BCUT2D eigenvalue weighted by Gasteiger charge is -2.19. The molecule has 6 atom stereocenters. The van der Waals surface area contributed by atoms with Gasteiger partial charge in [0.05, 0.1) is 24.7 Å². The van der Waals surface area contributed by atoms with Crippen LogP contribution in [0.1, 0.15) is 175 Å². The molecule has 0 aliphatic heterocycles. The zero-order valence-corrected chi connectivity index (χ0v) is 32.2. The summed E-state index contributed by atoms with van der Waals surface area (Å²) in [5.74, 6) is -0.482. The summed E-state index contributed by atoms with van der Waals surface area (Å²) in [6.07, 6.45) is 29.4. The highest BCUT2D eigenvalue weighted by atomic mass is 16.6. The minimum atomic E-state index is -1.08. The third-order valence-corrected chi connectivity index (χ3v) is 9.97. The number of ether oxygens (including phenoxy) is 2. The van der Waals surface area contributed by atoms with Crippen molar-refractivity contribution in [3.05, 3.63) is 24.3 Å². The number of aliphatic hydroxyl groups is 4. The molecule has 292 valence electrons. The minimum Gasteiger partial charge on any atom is -0.463 e. The van der Waals surface area contributed by atoms with Crippen molar-refractivity contribution in [1.29, 1.82) is 0 Å². The normalized spacial score (nSPS) is 20.6. The van der Waals surface area contributed by atoms with Crippen LogP contribution in [0.25, 0.3) is 0 Å². The highest BCUT2D eigenvalue weighted by Crippen LogP contribution is 2.36. The van der Waals surface area contributed by atoms with Crippen LogP contribution in [0.4, 0.5) is 0 Å². The first-order valence-corrected chi connectivity index (χ1v) is 20.5. The molecule has 0 radical (unpaired) electrons. The number of hydrogen-bond acceptors (Lipinski definition) is 8. The number of allylic oxidation sites excluding steroid dienone is 1. The molecule has 0 unspecified atom stereocenters. The molecule has 1 saturated carbocycles. The first-order chi connectivity index (χ1) is 24.1. The van der Waals surface area contributed by atoms with Crippen molar-refractivity contribution < 1.29 is 39.5 Å². The van der Waals surface area contributed by atoms with E-state index in [0.717, 1.165) is 44.4 Å². The van der Waals surface area contributed by atoms with Crippen molar-refractivity contribution in [1.82, 2.24) is 0 Å². The Balaban J connectivity index is 2.03. The highest BCUT2D eigenvalue weighted by Gasteiger charge is 2.39. The number of carbonyl (C=O) groups is 2. The lowest BCUT2D eigenvalue weighted by molar-refractivity contribution is -0.151. The predicted molar refractivity (Wildman–Crippen MR) is 203 cm³/mol. The van der Waals surface area contributed by atoms with Gasteiger partial charge in [0.1, 0.15) is 19.3 Å². The van der Waals surface area contributed by atoms with Crippen LogP contribution in [0.5, 0.6) is 0 Å². The van der Waals surface area contributed by atoms with E-state index in [2.05, 4.69) is 20.8 Å². The Labute approximate surface area is 305 Å². The molecule has 0 saturated heterocycles. The smallest absolute Gasteiger partial charge is 0.309 e. The maximum absolute atomic E-state index is 12.1. The summed E-state index contributed by atoms with van der Waals surface area (Å²) < 4.78 is 10.3. The van der Waals surface area contributed by atoms with Crippen molar-refractivity contribution in [3.63, 3.8) is 0 Å². The van der Waals surface area contributed by atoms with Crippen LogP contribution in [0.15, 0.2) is 24.3 Å². The fourth-order valence-electron chi connectivity index (χ4n) is 6.77. The largest absolute Gasteiger partial charge is 0.463 e. The summed E-state index contributed by atoms with van der Waals surface area (Å²) in [4.78, 5) is 24.2. The van der Waals surface area contributed by atoms with Gasteiger partial charge in [0.15, 0.2) is 0 Å². The van der Waals surface area contributed by atoms with Crippen LogP contribution in [0.2, 0.25) is 0 Å². The van der Waals surface area contributed by atoms with Crippen molar-refractivity contribution >= 4 is 11.9 Å². The van der Waals surface area contributed by atoms with E-state index >= 15 is 0 Å². The maximum atomic E-state index is 12.1. The molecule has 1 rings (SSSR count). The Hall–Kier alpha value is -1.74. The van der Waals surface area contributed by atoms with E-state index in [1.807, 2.05) is 6.08 Å². The van der Waals surface area contributed by atoms with E-state index in [9.17, 15) is 30.0 Å². The van der Waals surface area contributed by atoms with Gasteiger partial charge in [0.2, 0.25) is 0 Å². The van der Waals surface area contributed by atoms with Crippen LogP contribution in [-0.2, 0) is 19.1 Å². The number of rotatable bonds is 32. The van der Waals surface area contributed by atoms with Crippen LogP contribution in [0, 0.1) is 17.8 Å². The van der Waals surface area contributed by atoms with Gasteiger partial charge in [0.25, 0.3) is 0 Å². The SMILES string of the molecule is CCCCC[C@@H](O)/C=C/[C@@H]1[C@H](C/C=C\CC(=O)OC[C@H](O)COC(=O)CCCCCCCCCCCCCCCCCC(C)C)[C@@H](O)C[C@H]1O. The fraction of sp³-hybridized carbons (Fsp3) is 0.857. The summed E-state index contributed by atoms with van der Waals surface area (Å²) in [6, 6.07) is 0. The minimum absolute atomic E-state index is 0.00733. The molecule has 0 bridgehead atoms. The van der Waals surface area contributed by atoms with E-state index in [1.54, 1.807) is 18.2 Å². The summed E-state index contributed by atoms with van der Waals surface area (Å²) >= 11 is 0. The Kier molecular flexibility index (Phi) is 28.6. The Morgan fingerprint density at radius 1 is 0.680 bits per heavy atom. The second-order valence-corrected chi connectivity index (χ2v) is 15.2. The standard InChI is InChI=1S/C42H76O8/c1-4-5-19-25-35(43)29-30-38-37(39(45)31-40(38)46)26-22-23-28-42(48)50-33-36(44)32-49-41(47)27-21-18-16-14-12-10-8-6-7-9-11-13-15-17-20-24-34(2)3/h22-23,29-30,34-40,43-46H,4-21,24-28,31-33H2,1-3H3/b23-22-,30-29+/t35-,36-,37+,38-,39+,40-/m1/s1. The Morgan fingerprint density at radius 3 is 1.76 bits per heavy atom. The summed E-state index contributed by atoms with van der Waals surface area (Å²) in [6.45, 7) is 6.28. The summed E-state index contributed by atoms with van der Waals surface area (Å²) in [7, 11) is 0. The molecule has 0 spiro atoms. The number of hydrogen-bond donors (Lipinski definition) is 4. The zero-order valence-electron chi connectivity index (χ0n) is 32.2. The number of aliphatic hydroxyl groups excluding tert-OH is 4. The second-order valence-electron chi connectivity index (χ2n) is 15.2. The maximum Gasteiger partial charge on any atom is 0.309 e. The Bertz CT molecular complexity index is 887. The van der Waals surface area contributed by atoms with Crippen LogP contribution >= 0.6 is 0 Å². The van der Waals surface area contributed by atoms with Crippen LogP contribution in [0.3, 0.4) is 0 Å². The van der Waals surface area contributed by atoms with Gasteiger partial charge >= 0.3 is 11.9 Å². The van der Waals surface area contributed by atoms with E-state index in [1.165, 1.54) is 83.5 Å². The van der Waals surface area contributed by atoms with Gasteiger partial charge in [0, 0.05) is 18.8 Å². The van der Waals surface area contributed by atoms with Gasteiger partial charge in [-0.05, 0) is 31.1 Å². The molecule has 50 heavy (non-hydrogen) atoms. The van der Waals surface area contributed by atoms with Crippen molar-refractivity contribution in [3.8, 4) is 0 Å². The lowest BCUT2D eigenvalue weighted by Crippen LogP contribution is -2.25. The van der Waals surface area contributed by atoms with Gasteiger partial charge in [-0.15, -0.1) is 0 Å². The first-order valence-electron chi connectivity index (χ1n) is 20.5. The molecule has 0 amide bonds. The summed E-state index contributed by atoms with van der Waals surface area (Å²) in [5, 5.41) is 41.1. The molecule has 8 heteroatoms. The summed E-state index contributed by atoms with van der Waals surface area (Å²) in [5.41, 5.74) is 0. The third kappa shape index (κ3) is 25.3. The Morgan fingerprint density at radius 2 is 1.20 bits per heavy atom. The van der Waals surface area contributed by atoms with Gasteiger partial charge < -0.3 is 29.9 Å². The highest BCUT2D eigenvalue weighted by molar-refractivity contribution is 5.71. The lowest BCUT2D eigenvalue weighted by atomic mass is 9.89. The zero-order chi connectivity index (χ0) is 36.8. The molecule has 0 aromatic heterocycles. The van der Waals surface area contributed by atoms with E-state index in [4.69, 9.17) is 9.47 Å². The predicted octanol–water partition coefficient (Wildman–Crippen LogP) is 8.91. The molecular formula is C42H76O8. The molecule has 4 N–H and O–H groups in total. The van der Waals surface area contributed by atoms with Crippen LogP contribution < -0.4 is 0 Å². The van der Waals surface area contributed by atoms with E-state index < -0.39 is 30.4 Å².